The van der Waals surface area contributed by atoms with Crippen molar-refractivity contribution < 1.29 is 85.8 Å². The second-order valence-electron chi connectivity index (χ2n) is 27.3. The molecule has 0 saturated carbocycles. The number of unbranched alkanes of at least 4 members (excludes halogenated alkanes) is 11. The number of ether oxygens (including phenoxy) is 9. The van der Waals surface area contributed by atoms with Crippen molar-refractivity contribution >= 4 is 53.5 Å². The maximum absolute atomic E-state index is 13.7. The minimum atomic E-state index is -0.759. The fourth-order valence-electron chi connectivity index (χ4n) is 12.6. The van der Waals surface area contributed by atoms with Crippen LogP contribution in [0.4, 0.5) is 0 Å². The number of amides is 4. The molecule has 4 amide bonds. The Morgan fingerprint density at radius 2 is 0.589 bits per heavy atom. The van der Waals surface area contributed by atoms with Gasteiger partial charge in [-0.1, -0.05) is 107 Å². The first-order valence-corrected chi connectivity index (χ1v) is 38.2. The summed E-state index contributed by atoms with van der Waals surface area (Å²) in [6.45, 7) is 7.24. The van der Waals surface area contributed by atoms with Gasteiger partial charge in [0.2, 0.25) is 0 Å². The quantitative estimate of drug-likeness (QED) is 0.0149. The lowest BCUT2D eigenvalue weighted by Crippen LogP contribution is -2.30. The Labute approximate surface area is 651 Å². The Balaban J connectivity index is 0.585. The van der Waals surface area contributed by atoms with Gasteiger partial charge in [-0.2, -0.15) is 0 Å². The SMILES string of the molecule is CCCOc1ccc(-c2ccc(OC(=O)c3ccc(OC(=O)c4cccc(C(=O)Oc5ccc(C(=O)Oc6ccc(-c7ccc(OCCCCCN8C(=O)C=CC8=O)cc7)cc6)cc5)c4)cc3)cc2C(C)CCCCOc2ccc(OC(=O)c3ccc(OCCCCCCCCCCCN4C(=O)C=CC4=O)cc3)cc2)cc1. The van der Waals surface area contributed by atoms with E-state index in [9.17, 15) is 43.2 Å². The molecule has 0 bridgehead atoms. The fourth-order valence-corrected chi connectivity index (χ4v) is 12.6. The van der Waals surface area contributed by atoms with Crippen LogP contribution < -0.4 is 42.6 Å². The second kappa shape index (κ2) is 41.2. The Kier molecular flexibility index (Phi) is 29.5. The van der Waals surface area contributed by atoms with Crippen LogP contribution in [0.25, 0.3) is 22.3 Å². The number of nitrogens with zero attached hydrogens (tertiary/aromatic N) is 2. The summed E-state index contributed by atoms with van der Waals surface area (Å²) in [6, 6.07) is 59.8. The van der Waals surface area contributed by atoms with Crippen molar-refractivity contribution in [1.82, 2.24) is 9.80 Å². The minimum absolute atomic E-state index is 0.0395. The van der Waals surface area contributed by atoms with Crippen molar-refractivity contribution in [1.29, 1.82) is 0 Å². The molecular weight excluding hydrogens is 1420 g/mol. The number of esters is 5. The normalized spacial score (nSPS) is 12.6. The van der Waals surface area contributed by atoms with E-state index in [1.54, 1.807) is 66.7 Å². The van der Waals surface area contributed by atoms with Crippen LogP contribution in [0.3, 0.4) is 0 Å². The third kappa shape index (κ3) is 23.9. The van der Waals surface area contributed by atoms with E-state index >= 15 is 0 Å². The van der Waals surface area contributed by atoms with Crippen molar-refractivity contribution in [3.05, 3.63) is 270 Å². The van der Waals surface area contributed by atoms with Crippen molar-refractivity contribution in [2.24, 2.45) is 0 Å². The molecule has 2 heterocycles. The van der Waals surface area contributed by atoms with Crippen LogP contribution in [0.2, 0.25) is 0 Å². The molecule has 20 heteroatoms. The van der Waals surface area contributed by atoms with Crippen molar-refractivity contribution in [3.8, 4) is 74.0 Å². The zero-order valence-corrected chi connectivity index (χ0v) is 62.9. The van der Waals surface area contributed by atoms with Crippen molar-refractivity contribution in [2.45, 2.75) is 122 Å². The maximum Gasteiger partial charge on any atom is 0.343 e. The first-order chi connectivity index (χ1) is 54.6. The fraction of sp³-hybridized carbons (Fsp3) is 0.272. The summed E-state index contributed by atoms with van der Waals surface area (Å²) in [6.07, 6.45) is 20.4. The number of rotatable bonds is 42. The molecule has 0 N–H and O–H groups in total. The highest BCUT2D eigenvalue weighted by molar-refractivity contribution is 6.13. The standard InChI is InChI=1S/C92H90N2O18/c1-3-58-104-73-36-26-67(27-37-73)82-51-50-81(63-83(82)64(2)19-12-17-61-107-76-46-48-80(49-47-76)109-88(99)68-28-38-75(39-29-68)105-59-15-10-8-6-4-5-7-9-13-56-93-84(95)52-53-85(93)96)112-90(101)70-32-44-79(45-33-70)111-92(103)72-21-18-20-71(62-72)91(102)110-78-42-30-69(31-43-78)89(100)108-77-40-24-66(25-41-77)65-22-34-74(35-23-65)106-60-16-11-14-57-94-86(97)54-55-87(94)98/h18,20-55,62-64H,3-17,19,56-61H2,1-2H3. The lowest BCUT2D eigenvalue weighted by Gasteiger charge is -2.19. The first kappa shape index (κ1) is 80.3. The lowest BCUT2D eigenvalue weighted by molar-refractivity contribution is -0.138. The van der Waals surface area contributed by atoms with Crippen LogP contribution in [0.5, 0.6) is 51.7 Å². The summed E-state index contributed by atoms with van der Waals surface area (Å²) < 4.78 is 52.3. The Bertz CT molecular complexity index is 4730. The van der Waals surface area contributed by atoms with E-state index < -0.39 is 29.8 Å². The largest absolute Gasteiger partial charge is 0.494 e. The van der Waals surface area contributed by atoms with Crippen LogP contribution in [0.1, 0.15) is 180 Å². The summed E-state index contributed by atoms with van der Waals surface area (Å²) in [5, 5.41) is 0. The highest BCUT2D eigenvalue weighted by Gasteiger charge is 2.25. The number of carbonyl (C=O) groups is 9. The predicted molar refractivity (Wildman–Crippen MR) is 422 cm³/mol. The van der Waals surface area contributed by atoms with Crippen molar-refractivity contribution in [2.75, 3.05) is 39.5 Å². The highest BCUT2D eigenvalue weighted by Crippen LogP contribution is 2.37. The summed E-state index contributed by atoms with van der Waals surface area (Å²) in [5.41, 5.74) is 5.75. The van der Waals surface area contributed by atoms with E-state index in [0.29, 0.717) is 86.0 Å². The van der Waals surface area contributed by atoms with Gasteiger partial charge >= 0.3 is 29.8 Å². The van der Waals surface area contributed by atoms with E-state index in [-0.39, 0.29) is 63.3 Å². The number of hydrogen-bond donors (Lipinski definition) is 0. The smallest absolute Gasteiger partial charge is 0.343 e. The summed E-state index contributed by atoms with van der Waals surface area (Å²) >= 11 is 0. The third-order valence-corrected chi connectivity index (χ3v) is 18.9. The van der Waals surface area contributed by atoms with E-state index in [4.69, 9.17) is 42.6 Å². The molecule has 2 aliphatic heterocycles. The van der Waals surface area contributed by atoms with Crippen LogP contribution in [0, 0.1) is 0 Å². The van der Waals surface area contributed by atoms with E-state index in [2.05, 4.69) is 13.8 Å². The molecule has 112 heavy (non-hydrogen) atoms. The van der Waals surface area contributed by atoms with Gasteiger partial charge in [0.1, 0.15) is 51.7 Å². The molecule has 1 atom stereocenters. The molecule has 0 spiro atoms. The van der Waals surface area contributed by atoms with Gasteiger partial charge in [-0.25, -0.2) is 24.0 Å². The molecule has 0 fully saturated rings. The number of imide groups is 2. The topological polar surface area (TPSA) is 243 Å². The molecule has 9 aromatic carbocycles. The van der Waals surface area contributed by atoms with Gasteiger partial charge in [0.25, 0.3) is 23.6 Å². The van der Waals surface area contributed by atoms with Gasteiger partial charge in [-0.05, 0) is 255 Å². The molecule has 11 rings (SSSR count). The van der Waals surface area contributed by atoms with Gasteiger partial charge < -0.3 is 42.6 Å². The number of hydrogen-bond acceptors (Lipinski definition) is 18. The number of carbonyl (C=O) groups excluding carboxylic acids is 9. The summed E-state index contributed by atoms with van der Waals surface area (Å²) in [5.74, 6) is 0.0142. The first-order valence-electron chi connectivity index (χ1n) is 38.2. The van der Waals surface area contributed by atoms with Gasteiger partial charge in [-0.3, -0.25) is 29.0 Å². The zero-order valence-electron chi connectivity index (χ0n) is 62.9. The van der Waals surface area contributed by atoms with Crippen LogP contribution in [-0.2, 0) is 19.2 Å². The molecule has 0 radical (unpaired) electrons. The van der Waals surface area contributed by atoms with Gasteiger partial charge in [0.15, 0.2) is 0 Å². The molecule has 20 nitrogen and oxygen atoms in total. The summed E-state index contributed by atoms with van der Waals surface area (Å²) in [4.78, 5) is 116. The molecule has 0 saturated heterocycles. The summed E-state index contributed by atoms with van der Waals surface area (Å²) in [7, 11) is 0. The van der Waals surface area contributed by atoms with Crippen molar-refractivity contribution in [3.63, 3.8) is 0 Å². The van der Waals surface area contributed by atoms with E-state index in [1.165, 1.54) is 107 Å². The Morgan fingerprint density at radius 3 is 1.00 bits per heavy atom. The molecular formula is C92H90N2O18. The molecule has 1 unspecified atom stereocenters. The van der Waals surface area contributed by atoms with Gasteiger partial charge in [0, 0.05) is 37.4 Å². The average molecular weight is 1510 g/mol. The highest BCUT2D eigenvalue weighted by atomic mass is 16.6. The Morgan fingerprint density at radius 1 is 0.295 bits per heavy atom. The molecule has 9 aromatic rings. The monoisotopic (exact) mass is 1510 g/mol. The van der Waals surface area contributed by atoms with Crippen LogP contribution in [-0.4, -0.2) is 103 Å². The molecule has 0 aliphatic carbocycles. The average Bonchev–Trinajstić information content (AvgIpc) is 0.933. The predicted octanol–water partition coefficient (Wildman–Crippen LogP) is 18.5. The second-order valence-corrected chi connectivity index (χ2v) is 27.3. The van der Waals surface area contributed by atoms with E-state index in [0.717, 1.165) is 130 Å². The lowest BCUT2D eigenvalue weighted by atomic mass is 9.88. The third-order valence-electron chi connectivity index (χ3n) is 18.9. The van der Waals surface area contributed by atoms with Crippen LogP contribution in [0.15, 0.2) is 237 Å². The molecule has 576 valence electrons. The maximum atomic E-state index is 13.7. The van der Waals surface area contributed by atoms with Gasteiger partial charge in [-0.15, -0.1) is 0 Å². The molecule has 0 aromatic heterocycles. The number of benzene rings is 9. The zero-order chi connectivity index (χ0) is 78.4. The van der Waals surface area contributed by atoms with E-state index in [1.807, 2.05) is 72.8 Å². The molecule has 2 aliphatic rings. The van der Waals surface area contributed by atoms with Gasteiger partial charge in [0.05, 0.1) is 54.2 Å². The van der Waals surface area contributed by atoms with Crippen LogP contribution >= 0.6 is 0 Å². The minimum Gasteiger partial charge on any atom is -0.494 e. The Hall–Kier alpha value is -12.7.